The second-order valence-corrected chi connectivity index (χ2v) is 8.50. The minimum Gasteiger partial charge on any atom is -0.392 e. The lowest BCUT2D eigenvalue weighted by atomic mass is 9.44. The van der Waals surface area contributed by atoms with Crippen molar-refractivity contribution < 1.29 is 15.0 Å². The summed E-state index contributed by atoms with van der Waals surface area (Å²) in [5, 5.41) is 20.7. The fourth-order valence-corrected chi connectivity index (χ4v) is 5.52. The highest BCUT2D eigenvalue weighted by molar-refractivity contribution is 5.94. The van der Waals surface area contributed by atoms with Gasteiger partial charge in [-0.3, -0.25) is 4.79 Å². The van der Waals surface area contributed by atoms with Crippen molar-refractivity contribution in [3.63, 3.8) is 0 Å². The zero-order valence-electron chi connectivity index (χ0n) is 15.1. The summed E-state index contributed by atoms with van der Waals surface area (Å²) >= 11 is 0. The van der Waals surface area contributed by atoms with E-state index >= 15 is 0 Å². The van der Waals surface area contributed by atoms with Gasteiger partial charge in [0.15, 0.2) is 0 Å². The van der Waals surface area contributed by atoms with Gasteiger partial charge in [0.05, 0.1) is 12.0 Å². The molecule has 1 unspecified atom stereocenters. The Balaban J connectivity index is 1.67. The molecule has 0 saturated heterocycles. The number of aliphatic hydroxyl groups excluding tert-OH is 2. The summed E-state index contributed by atoms with van der Waals surface area (Å²) in [4.78, 5) is 12.4. The van der Waals surface area contributed by atoms with Crippen molar-refractivity contribution >= 4 is 5.78 Å². The Bertz CT molecular complexity index is 525. The first-order valence-corrected chi connectivity index (χ1v) is 9.89. The van der Waals surface area contributed by atoms with E-state index in [4.69, 9.17) is 0 Å². The third kappa shape index (κ3) is 3.16. The summed E-state index contributed by atoms with van der Waals surface area (Å²) in [6.45, 7) is 4.09. The van der Waals surface area contributed by atoms with E-state index in [0.717, 1.165) is 19.3 Å². The maximum atomic E-state index is 12.4. The molecular weight excluding hydrogens is 300 g/mol. The lowest BCUT2D eigenvalue weighted by Gasteiger charge is -2.57. The molecule has 0 radical (unpaired) electrons. The second-order valence-electron chi connectivity index (χ2n) is 8.50. The number of Topliss-reactive ketones (excluding diaryl/α,β-unsaturated/α-hetero) is 1. The maximum absolute atomic E-state index is 12.4. The van der Waals surface area contributed by atoms with Crippen molar-refractivity contribution in [2.45, 2.75) is 83.8 Å². The van der Waals surface area contributed by atoms with Gasteiger partial charge in [-0.05, 0) is 37.5 Å². The average Bonchev–Trinajstić information content (AvgIpc) is 2.58. The summed E-state index contributed by atoms with van der Waals surface area (Å²) in [6, 6.07) is 0. The second kappa shape index (κ2) is 7.18. The molecule has 0 aromatic carbocycles. The minimum absolute atomic E-state index is 0.0414. The first kappa shape index (κ1) is 18.0. The molecule has 0 aromatic rings. The lowest BCUT2D eigenvalue weighted by Crippen LogP contribution is -2.62. The van der Waals surface area contributed by atoms with Crippen LogP contribution in [0.25, 0.3) is 0 Å². The molecule has 3 aliphatic rings. The average molecular weight is 332 g/mol. The van der Waals surface area contributed by atoms with Gasteiger partial charge >= 0.3 is 0 Å². The van der Waals surface area contributed by atoms with Crippen molar-refractivity contribution in [3.05, 3.63) is 0 Å². The van der Waals surface area contributed by atoms with Crippen molar-refractivity contribution in [2.24, 2.45) is 29.1 Å². The van der Waals surface area contributed by atoms with Crippen LogP contribution in [-0.4, -0.2) is 28.2 Å². The van der Waals surface area contributed by atoms with Crippen molar-refractivity contribution in [1.29, 1.82) is 0 Å². The van der Waals surface area contributed by atoms with Gasteiger partial charge in [0.1, 0.15) is 11.9 Å². The van der Waals surface area contributed by atoms with Crippen LogP contribution in [0.2, 0.25) is 0 Å². The van der Waals surface area contributed by atoms with Gasteiger partial charge in [0.25, 0.3) is 0 Å². The number of hydrogen-bond donors (Lipinski definition) is 2. The van der Waals surface area contributed by atoms with Gasteiger partial charge < -0.3 is 10.2 Å². The van der Waals surface area contributed by atoms with Crippen LogP contribution in [0, 0.1) is 40.9 Å². The SMILES string of the molecule is CCC1C(=O)[C@@]2(C)CC[C@@H](O)[C@H](C#C[C@@H](O)CC3CCCCC3)[C@@H]12. The molecule has 3 fully saturated rings. The van der Waals surface area contributed by atoms with E-state index in [1.165, 1.54) is 32.1 Å². The third-order valence-electron chi connectivity index (χ3n) is 6.97. The quantitative estimate of drug-likeness (QED) is 0.780. The van der Waals surface area contributed by atoms with E-state index in [9.17, 15) is 15.0 Å². The van der Waals surface area contributed by atoms with Crippen LogP contribution in [0.15, 0.2) is 0 Å². The van der Waals surface area contributed by atoms with E-state index in [1.54, 1.807) is 0 Å². The fourth-order valence-electron chi connectivity index (χ4n) is 5.52. The summed E-state index contributed by atoms with van der Waals surface area (Å²) in [5.74, 6) is 7.22. The molecule has 6 atom stereocenters. The van der Waals surface area contributed by atoms with Crippen LogP contribution in [0.3, 0.4) is 0 Å². The largest absolute Gasteiger partial charge is 0.392 e. The van der Waals surface area contributed by atoms with Gasteiger partial charge in [-0.25, -0.2) is 0 Å². The Kier molecular flexibility index (Phi) is 5.37. The van der Waals surface area contributed by atoms with E-state index in [1.807, 2.05) is 13.8 Å². The number of hydrogen-bond acceptors (Lipinski definition) is 3. The highest BCUT2D eigenvalue weighted by atomic mass is 16.3. The van der Waals surface area contributed by atoms with E-state index in [2.05, 4.69) is 11.8 Å². The first-order valence-electron chi connectivity index (χ1n) is 9.89. The smallest absolute Gasteiger partial charge is 0.142 e. The van der Waals surface area contributed by atoms with Gasteiger partial charge in [-0.15, -0.1) is 0 Å². The maximum Gasteiger partial charge on any atom is 0.142 e. The van der Waals surface area contributed by atoms with Crippen LogP contribution in [0.4, 0.5) is 0 Å². The molecule has 0 amide bonds. The first-order chi connectivity index (χ1) is 11.5. The zero-order chi connectivity index (χ0) is 17.3. The Morgan fingerprint density at radius 2 is 1.96 bits per heavy atom. The zero-order valence-corrected chi connectivity index (χ0v) is 15.1. The van der Waals surface area contributed by atoms with Crippen LogP contribution < -0.4 is 0 Å². The van der Waals surface area contributed by atoms with Gasteiger partial charge in [0.2, 0.25) is 0 Å². The number of carbonyl (C=O) groups is 1. The van der Waals surface area contributed by atoms with Crippen LogP contribution in [0.5, 0.6) is 0 Å². The molecule has 0 bridgehead atoms. The topological polar surface area (TPSA) is 57.5 Å². The molecule has 3 aliphatic carbocycles. The van der Waals surface area contributed by atoms with E-state index in [0.29, 0.717) is 18.1 Å². The molecule has 0 aromatic heterocycles. The molecular formula is C21H32O3. The summed E-state index contributed by atoms with van der Waals surface area (Å²) in [6.07, 6.45) is 8.23. The molecule has 3 rings (SSSR count). The van der Waals surface area contributed by atoms with Crippen molar-refractivity contribution in [1.82, 2.24) is 0 Å². The number of ketones is 1. The molecule has 3 heteroatoms. The highest BCUT2D eigenvalue weighted by Gasteiger charge is 2.63. The number of fused-ring (bicyclic) bond motifs is 1. The number of carbonyl (C=O) groups excluding carboxylic acids is 1. The Morgan fingerprint density at radius 1 is 1.25 bits per heavy atom. The molecule has 0 spiro atoms. The monoisotopic (exact) mass is 332 g/mol. The Hall–Kier alpha value is -0.850. The van der Waals surface area contributed by atoms with Crippen molar-refractivity contribution in [2.75, 3.05) is 0 Å². The minimum atomic E-state index is -0.593. The number of aliphatic hydroxyl groups is 2. The molecule has 0 aliphatic heterocycles. The fraction of sp³-hybridized carbons (Fsp3) is 0.857. The van der Waals surface area contributed by atoms with Gasteiger partial charge in [-0.1, -0.05) is 57.8 Å². The Labute approximate surface area is 146 Å². The van der Waals surface area contributed by atoms with Crippen LogP contribution in [-0.2, 0) is 4.79 Å². The van der Waals surface area contributed by atoms with Crippen LogP contribution >= 0.6 is 0 Å². The normalized spacial score (nSPS) is 40.9. The van der Waals surface area contributed by atoms with E-state index in [-0.39, 0.29) is 23.2 Å². The lowest BCUT2D eigenvalue weighted by molar-refractivity contribution is -0.171. The predicted octanol–water partition coefficient (Wildman–Crippen LogP) is 3.32. The van der Waals surface area contributed by atoms with E-state index < -0.39 is 12.2 Å². The highest BCUT2D eigenvalue weighted by Crippen LogP contribution is 2.59. The van der Waals surface area contributed by atoms with Crippen molar-refractivity contribution in [3.8, 4) is 11.8 Å². The molecule has 2 N–H and O–H groups in total. The molecule has 134 valence electrons. The Morgan fingerprint density at radius 3 is 2.62 bits per heavy atom. The van der Waals surface area contributed by atoms with Crippen LogP contribution in [0.1, 0.15) is 71.6 Å². The molecule has 3 nitrogen and oxygen atoms in total. The van der Waals surface area contributed by atoms with Gasteiger partial charge in [0, 0.05) is 11.3 Å². The van der Waals surface area contributed by atoms with Gasteiger partial charge in [-0.2, -0.15) is 0 Å². The molecule has 0 heterocycles. The summed E-state index contributed by atoms with van der Waals surface area (Å²) in [7, 11) is 0. The molecule has 3 saturated carbocycles. The standard InChI is InChI=1S/C21H32O3/c1-3-16-19-17(18(23)11-12-21(19,2)20(16)24)10-9-15(22)13-14-7-5-4-6-8-14/h14-19,22-23H,3-8,11-13H2,1-2H3/t15-,16?,17+,18-,19-,21+/m1/s1. The summed E-state index contributed by atoms with van der Waals surface area (Å²) in [5.41, 5.74) is -0.298. The summed E-state index contributed by atoms with van der Waals surface area (Å²) < 4.78 is 0. The molecule has 24 heavy (non-hydrogen) atoms. The predicted molar refractivity (Wildman–Crippen MR) is 94.1 cm³/mol. The third-order valence-corrected chi connectivity index (χ3v) is 6.97. The number of rotatable bonds is 3.